The molecule has 1 aliphatic rings. The van der Waals surface area contributed by atoms with Crippen LogP contribution in [0, 0.1) is 0 Å². The summed E-state index contributed by atoms with van der Waals surface area (Å²) in [5.41, 5.74) is 0.119. The van der Waals surface area contributed by atoms with Crippen LogP contribution in [0.25, 0.3) is 10.8 Å². The summed E-state index contributed by atoms with van der Waals surface area (Å²) in [7, 11) is 0. The summed E-state index contributed by atoms with van der Waals surface area (Å²) < 4.78 is 1.38. The number of amides is 2. The molecule has 2 amide bonds. The Kier molecular flexibility index (Phi) is 6.32. The van der Waals surface area contributed by atoms with Crippen molar-refractivity contribution in [3.63, 3.8) is 0 Å². The standard InChI is InChI=1S/C21H29N5O3/c1-14(2)22-18(27)13-24-9-11-25(12-10-24)21(29)19-16-7-5-6-8-17(16)20(28)26(23-19)15(3)4/h5-8,14-15H,9-13H2,1-4H3,(H,22,27). The van der Waals surface area contributed by atoms with E-state index >= 15 is 0 Å². The summed E-state index contributed by atoms with van der Waals surface area (Å²) in [6.45, 7) is 10.2. The lowest BCUT2D eigenvalue weighted by molar-refractivity contribution is -0.123. The van der Waals surface area contributed by atoms with Gasteiger partial charge in [-0.25, -0.2) is 4.68 Å². The first-order valence-corrected chi connectivity index (χ1v) is 10.1. The second-order valence-corrected chi connectivity index (χ2v) is 8.03. The maximum Gasteiger partial charge on any atom is 0.275 e. The summed E-state index contributed by atoms with van der Waals surface area (Å²) in [6, 6.07) is 7.08. The quantitative estimate of drug-likeness (QED) is 0.818. The minimum Gasteiger partial charge on any atom is -0.353 e. The van der Waals surface area contributed by atoms with E-state index in [2.05, 4.69) is 10.4 Å². The van der Waals surface area contributed by atoms with Crippen molar-refractivity contribution in [2.45, 2.75) is 39.8 Å². The topological polar surface area (TPSA) is 87.5 Å². The summed E-state index contributed by atoms with van der Waals surface area (Å²) in [5.74, 6) is -0.182. The average molecular weight is 399 g/mol. The van der Waals surface area contributed by atoms with Gasteiger partial charge in [-0.15, -0.1) is 0 Å². The van der Waals surface area contributed by atoms with E-state index in [1.54, 1.807) is 23.1 Å². The molecule has 0 aliphatic carbocycles. The smallest absolute Gasteiger partial charge is 0.275 e. The van der Waals surface area contributed by atoms with Crippen molar-refractivity contribution in [3.05, 3.63) is 40.3 Å². The Morgan fingerprint density at radius 2 is 1.66 bits per heavy atom. The van der Waals surface area contributed by atoms with Crippen LogP contribution in [0.4, 0.5) is 0 Å². The monoisotopic (exact) mass is 399 g/mol. The molecule has 3 rings (SSSR count). The first-order valence-electron chi connectivity index (χ1n) is 10.1. The molecule has 29 heavy (non-hydrogen) atoms. The van der Waals surface area contributed by atoms with Gasteiger partial charge < -0.3 is 10.2 Å². The van der Waals surface area contributed by atoms with Crippen LogP contribution >= 0.6 is 0 Å². The number of nitrogens with zero attached hydrogens (tertiary/aromatic N) is 4. The van der Waals surface area contributed by atoms with Crippen LogP contribution in [-0.2, 0) is 4.79 Å². The molecular weight excluding hydrogens is 370 g/mol. The molecule has 156 valence electrons. The highest BCUT2D eigenvalue weighted by atomic mass is 16.2. The van der Waals surface area contributed by atoms with E-state index in [1.807, 2.05) is 38.7 Å². The number of rotatable bonds is 5. The number of aromatic nitrogens is 2. The molecule has 0 bridgehead atoms. The summed E-state index contributed by atoms with van der Waals surface area (Å²) >= 11 is 0. The third-order valence-electron chi connectivity index (χ3n) is 5.00. The van der Waals surface area contributed by atoms with Crippen LogP contribution in [0.1, 0.15) is 44.2 Å². The number of fused-ring (bicyclic) bond motifs is 1. The largest absolute Gasteiger partial charge is 0.353 e. The number of hydrogen-bond donors (Lipinski definition) is 1. The highest BCUT2D eigenvalue weighted by Crippen LogP contribution is 2.17. The molecule has 8 nitrogen and oxygen atoms in total. The molecule has 0 radical (unpaired) electrons. The van der Waals surface area contributed by atoms with E-state index in [0.29, 0.717) is 49.2 Å². The maximum atomic E-state index is 13.2. The van der Waals surface area contributed by atoms with Crippen molar-refractivity contribution in [2.75, 3.05) is 32.7 Å². The van der Waals surface area contributed by atoms with Gasteiger partial charge >= 0.3 is 0 Å². The SMILES string of the molecule is CC(C)NC(=O)CN1CCN(C(=O)c2nn(C(C)C)c(=O)c3ccccc23)CC1. The summed E-state index contributed by atoms with van der Waals surface area (Å²) in [5, 5.41) is 8.38. The third kappa shape index (κ3) is 4.64. The van der Waals surface area contributed by atoms with Crippen LogP contribution in [0.15, 0.2) is 29.1 Å². The first-order chi connectivity index (χ1) is 13.8. The maximum absolute atomic E-state index is 13.2. The third-order valence-corrected chi connectivity index (χ3v) is 5.00. The van der Waals surface area contributed by atoms with Gasteiger partial charge in [0.2, 0.25) is 5.91 Å². The molecule has 1 aromatic carbocycles. The predicted molar refractivity (Wildman–Crippen MR) is 112 cm³/mol. The second-order valence-electron chi connectivity index (χ2n) is 8.03. The fourth-order valence-corrected chi connectivity index (χ4v) is 3.54. The molecule has 2 heterocycles. The molecule has 2 aromatic rings. The van der Waals surface area contributed by atoms with E-state index in [-0.39, 0.29) is 29.5 Å². The first kappa shape index (κ1) is 21.0. The number of piperazine rings is 1. The van der Waals surface area contributed by atoms with Gasteiger partial charge in [0.05, 0.1) is 18.0 Å². The Labute approximate surface area is 170 Å². The second kappa shape index (κ2) is 8.73. The van der Waals surface area contributed by atoms with Crippen molar-refractivity contribution in [3.8, 4) is 0 Å². The zero-order valence-corrected chi connectivity index (χ0v) is 17.5. The molecule has 1 aromatic heterocycles. The van der Waals surface area contributed by atoms with Crippen molar-refractivity contribution in [1.82, 2.24) is 24.9 Å². The van der Waals surface area contributed by atoms with Gasteiger partial charge in [-0.1, -0.05) is 18.2 Å². The van der Waals surface area contributed by atoms with Gasteiger partial charge in [-0.05, 0) is 33.8 Å². The van der Waals surface area contributed by atoms with Crippen molar-refractivity contribution in [1.29, 1.82) is 0 Å². The van der Waals surface area contributed by atoms with E-state index in [1.165, 1.54) is 4.68 Å². The van der Waals surface area contributed by atoms with Gasteiger partial charge in [-0.3, -0.25) is 19.3 Å². The van der Waals surface area contributed by atoms with E-state index in [4.69, 9.17) is 0 Å². The minimum absolute atomic E-state index is 0.00329. The average Bonchev–Trinajstić information content (AvgIpc) is 2.67. The number of carbonyl (C=O) groups is 2. The molecule has 0 spiro atoms. The molecule has 0 saturated carbocycles. The lowest BCUT2D eigenvalue weighted by atomic mass is 10.1. The molecule has 0 atom stereocenters. The fraction of sp³-hybridized carbons (Fsp3) is 0.524. The summed E-state index contributed by atoms with van der Waals surface area (Å²) in [4.78, 5) is 41.7. The molecular formula is C21H29N5O3. The van der Waals surface area contributed by atoms with Gasteiger partial charge in [-0.2, -0.15) is 5.10 Å². The Morgan fingerprint density at radius 1 is 1.03 bits per heavy atom. The van der Waals surface area contributed by atoms with Crippen molar-refractivity contribution >= 4 is 22.6 Å². The van der Waals surface area contributed by atoms with E-state index in [9.17, 15) is 14.4 Å². The predicted octanol–water partition coefficient (Wildman–Crippen LogP) is 1.26. The van der Waals surface area contributed by atoms with E-state index in [0.717, 1.165) is 0 Å². The van der Waals surface area contributed by atoms with Gasteiger partial charge in [0.15, 0.2) is 5.69 Å². The summed E-state index contributed by atoms with van der Waals surface area (Å²) in [6.07, 6.45) is 0. The van der Waals surface area contributed by atoms with E-state index < -0.39 is 0 Å². The Hall–Kier alpha value is -2.74. The lowest BCUT2D eigenvalue weighted by Crippen LogP contribution is -2.51. The van der Waals surface area contributed by atoms with Crippen LogP contribution < -0.4 is 10.9 Å². The van der Waals surface area contributed by atoms with Crippen molar-refractivity contribution in [2.24, 2.45) is 0 Å². The number of hydrogen-bond acceptors (Lipinski definition) is 5. The van der Waals surface area contributed by atoms with Gasteiger partial charge in [0.25, 0.3) is 11.5 Å². The molecule has 1 fully saturated rings. The van der Waals surface area contributed by atoms with Crippen LogP contribution in [0.5, 0.6) is 0 Å². The van der Waals surface area contributed by atoms with Gasteiger partial charge in [0, 0.05) is 37.6 Å². The normalized spacial score (nSPS) is 15.3. The number of carbonyl (C=O) groups excluding carboxylic acids is 2. The van der Waals surface area contributed by atoms with Crippen LogP contribution in [0.3, 0.4) is 0 Å². The highest BCUT2D eigenvalue weighted by molar-refractivity contribution is 6.04. The van der Waals surface area contributed by atoms with Crippen molar-refractivity contribution < 1.29 is 9.59 Å². The fourth-order valence-electron chi connectivity index (χ4n) is 3.54. The molecule has 1 aliphatic heterocycles. The Balaban J connectivity index is 1.78. The molecule has 8 heteroatoms. The molecule has 1 saturated heterocycles. The Bertz CT molecular complexity index is 958. The highest BCUT2D eigenvalue weighted by Gasteiger charge is 2.26. The van der Waals surface area contributed by atoms with Crippen LogP contribution in [-0.4, -0.2) is 70.2 Å². The Morgan fingerprint density at radius 3 is 2.24 bits per heavy atom. The van der Waals surface area contributed by atoms with Crippen LogP contribution in [0.2, 0.25) is 0 Å². The minimum atomic E-state index is -0.187. The lowest BCUT2D eigenvalue weighted by Gasteiger charge is -2.34. The number of nitrogens with one attached hydrogen (secondary N) is 1. The molecule has 1 N–H and O–H groups in total. The molecule has 0 unspecified atom stereocenters. The zero-order chi connectivity index (χ0) is 21.1. The number of benzene rings is 1. The van der Waals surface area contributed by atoms with Gasteiger partial charge in [0.1, 0.15) is 0 Å². The zero-order valence-electron chi connectivity index (χ0n) is 17.5.